The summed E-state index contributed by atoms with van der Waals surface area (Å²) in [4.78, 5) is 41.4. The van der Waals surface area contributed by atoms with Crippen LogP contribution in [0.1, 0.15) is 32.3 Å². The van der Waals surface area contributed by atoms with Crippen LogP contribution in [0.3, 0.4) is 0 Å². The highest BCUT2D eigenvalue weighted by Gasteiger charge is 2.30. The van der Waals surface area contributed by atoms with E-state index in [0.29, 0.717) is 62.3 Å². The number of halogens is 1. The molecule has 1 saturated heterocycles. The number of hydrogen-bond donors (Lipinski definition) is 0. The summed E-state index contributed by atoms with van der Waals surface area (Å²) in [5, 5.41) is 0. The lowest BCUT2D eigenvalue weighted by atomic mass is 10.2. The average Bonchev–Trinajstić information content (AvgIpc) is 3.19. The Labute approximate surface area is 196 Å². The highest BCUT2D eigenvalue weighted by molar-refractivity contribution is 9.10. The van der Waals surface area contributed by atoms with Gasteiger partial charge in [-0.25, -0.2) is 13.2 Å². The van der Waals surface area contributed by atoms with Crippen LogP contribution in [0, 0.1) is 0 Å². The molecule has 0 N–H and O–H groups in total. The molecule has 1 aromatic rings. The van der Waals surface area contributed by atoms with Crippen molar-refractivity contribution in [2.45, 2.75) is 38.0 Å². The summed E-state index contributed by atoms with van der Waals surface area (Å²) in [6.07, 6.45) is 0.466. The molecule has 0 atom stereocenters. The molecule has 0 radical (unpaired) electrons. The van der Waals surface area contributed by atoms with E-state index in [1.807, 2.05) is 0 Å². The number of anilines is 1. The number of benzene rings is 1. The molecule has 1 aromatic carbocycles. The van der Waals surface area contributed by atoms with Crippen molar-refractivity contribution in [3.8, 4) is 0 Å². The summed E-state index contributed by atoms with van der Waals surface area (Å²) in [6, 6.07) is 3.29. The lowest BCUT2D eigenvalue weighted by Gasteiger charge is -2.34. The van der Waals surface area contributed by atoms with Crippen molar-refractivity contribution in [1.29, 1.82) is 0 Å². The van der Waals surface area contributed by atoms with Crippen molar-refractivity contribution >= 4 is 49.4 Å². The minimum atomic E-state index is -3.75. The number of rotatable bonds is 6. The van der Waals surface area contributed by atoms with Gasteiger partial charge in [-0.3, -0.25) is 9.59 Å². The maximum atomic E-state index is 13.0. The van der Waals surface area contributed by atoms with Crippen molar-refractivity contribution in [3.63, 3.8) is 0 Å². The fourth-order valence-electron chi connectivity index (χ4n) is 3.92. The molecule has 0 saturated carbocycles. The van der Waals surface area contributed by atoms with Crippen molar-refractivity contribution < 1.29 is 27.5 Å². The van der Waals surface area contributed by atoms with E-state index in [1.165, 1.54) is 11.0 Å². The number of carbonyl (C=O) groups excluding carboxylic acids is 3. The van der Waals surface area contributed by atoms with Gasteiger partial charge < -0.3 is 19.4 Å². The van der Waals surface area contributed by atoms with Gasteiger partial charge in [0.15, 0.2) is 9.84 Å². The van der Waals surface area contributed by atoms with Crippen LogP contribution < -0.4 is 4.90 Å². The maximum Gasteiger partial charge on any atom is 0.409 e. The fraction of sp³-hybridized carbons (Fsp3) is 0.571. The van der Waals surface area contributed by atoms with Crippen LogP contribution in [-0.4, -0.2) is 81.2 Å². The summed E-state index contributed by atoms with van der Waals surface area (Å²) in [5.74, 6) is -0.646. The van der Waals surface area contributed by atoms with Crippen LogP contribution in [0.4, 0.5) is 10.5 Å². The predicted octanol–water partition coefficient (Wildman–Crippen LogP) is 2.21. The molecular weight excluding hydrogens is 502 g/mol. The normalized spacial score (nSPS) is 16.2. The maximum absolute atomic E-state index is 13.0. The third-order valence-corrected chi connectivity index (χ3v) is 8.38. The molecule has 32 heavy (non-hydrogen) atoms. The third-order valence-electron chi connectivity index (χ3n) is 5.71. The number of fused-ring (bicyclic) bond motifs is 1. The van der Waals surface area contributed by atoms with Gasteiger partial charge in [0.05, 0.1) is 17.3 Å². The van der Waals surface area contributed by atoms with E-state index < -0.39 is 15.9 Å². The molecule has 0 unspecified atom stereocenters. The molecule has 2 aliphatic rings. The largest absolute Gasteiger partial charge is 0.450 e. The van der Waals surface area contributed by atoms with Gasteiger partial charge in [0, 0.05) is 55.7 Å². The molecule has 0 bridgehead atoms. The summed E-state index contributed by atoms with van der Waals surface area (Å²) in [7, 11) is -3.75. The minimum Gasteiger partial charge on any atom is -0.450 e. The smallest absolute Gasteiger partial charge is 0.409 e. The number of nitrogens with zero attached hydrogens (tertiary/aromatic N) is 3. The van der Waals surface area contributed by atoms with E-state index in [9.17, 15) is 22.8 Å². The van der Waals surface area contributed by atoms with Gasteiger partial charge in [-0.15, -0.1) is 0 Å². The molecule has 9 nitrogen and oxygen atoms in total. The first-order valence-electron chi connectivity index (χ1n) is 10.7. The molecule has 11 heteroatoms. The molecule has 3 rings (SSSR count). The zero-order chi connectivity index (χ0) is 23.5. The lowest BCUT2D eigenvalue weighted by Crippen LogP contribution is -2.50. The Hall–Kier alpha value is -2.14. The van der Waals surface area contributed by atoms with Crippen LogP contribution >= 0.6 is 15.9 Å². The molecule has 2 heterocycles. The monoisotopic (exact) mass is 529 g/mol. The molecule has 3 amide bonds. The van der Waals surface area contributed by atoms with Crippen LogP contribution in [0.15, 0.2) is 21.5 Å². The van der Waals surface area contributed by atoms with Crippen molar-refractivity contribution in [2.24, 2.45) is 0 Å². The van der Waals surface area contributed by atoms with Gasteiger partial charge in [-0.1, -0.05) is 6.92 Å². The fourth-order valence-corrected chi connectivity index (χ4v) is 6.36. The third kappa shape index (κ3) is 5.25. The first-order valence-corrected chi connectivity index (χ1v) is 13.2. The first-order chi connectivity index (χ1) is 15.2. The standard InChI is InChI=1S/C21H28BrN3O6S/c1-3-19(26)25-7-5-15-13-16(22)18(14-17(15)25)32(29,30)12-6-20(27)23-8-10-24(11-9-23)21(28)31-4-2/h13-14H,3-12H2,1-2H3. The summed E-state index contributed by atoms with van der Waals surface area (Å²) in [6.45, 7) is 5.73. The number of ether oxygens (including phenoxy) is 1. The first kappa shape index (κ1) is 24.5. The number of piperazine rings is 1. The Morgan fingerprint density at radius 1 is 1.00 bits per heavy atom. The van der Waals surface area contributed by atoms with Gasteiger partial charge in [0.1, 0.15) is 0 Å². The van der Waals surface area contributed by atoms with Gasteiger partial charge in [-0.05, 0) is 47.0 Å². The van der Waals surface area contributed by atoms with Gasteiger partial charge in [0.2, 0.25) is 11.8 Å². The zero-order valence-electron chi connectivity index (χ0n) is 18.3. The van der Waals surface area contributed by atoms with Gasteiger partial charge in [0.25, 0.3) is 0 Å². The SMILES string of the molecule is CCOC(=O)N1CCN(C(=O)CCS(=O)(=O)c2cc3c(cc2Br)CCN3C(=O)CC)CC1. The van der Waals surface area contributed by atoms with Crippen LogP contribution in [0.25, 0.3) is 0 Å². The number of sulfone groups is 1. The molecular formula is C21H28BrN3O6S. The number of hydrogen-bond acceptors (Lipinski definition) is 6. The van der Waals surface area contributed by atoms with Crippen molar-refractivity contribution in [1.82, 2.24) is 9.80 Å². The Morgan fingerprint density at radius 3 is 2.28 bits per heavy atom. The highest BCUT2D eigenvalue weighted by atomic mass is 79.9. The Balaban J connectivity index is 1.64. The lowest BCUT2D eigenvalue weighted by molar-refractivity contribution is -0.132. The zero-order valence-corrected chi connectivity index (χ0v) is 20.7. The summed E-state index contributed by atoms with van der Waals surface area (Å²) >= 11 is 3.35. The molecule has 0 aromatic heterocycles. The van der Waals surface area contributed by atoms with E-state index in [-0.39, 0.29) is 28.9 Å². The molecule has 2 aliphatic heterocycles. The predicted molar refractivity (Wildman–Crippen MR) is 122 cm³/mol. The quantitative estimate of drug-likeness (QED) is 0.559. The Morgan fingerprint density at radius 2 is 1.66 bits per heavy atom. The second-order valence-electron chi connectivity index (χ2n) is 7.70. The Kier molecular flexibility index (Phi) is 7.81. The topological polar surface area (TPSA) is 104 Å². The summed E-state index contributed by atoms with van der Waals surface area (Å²) < 4.78 is 31.5. The minimum absolute atomic E-state index is 0.0495. The molecule has 0 aliphatic carbocycles. The number of amides is 3. The molecule has 0 spiro atoms. The molecule has 176 valence electrons. The number of carbonyl (C=O) groups is 3. The van der Waals surface area contributed by atoms with E-state index in [1.54, 1.807) is 29.7 Å². The van der Waals surface area contributed by atoms with Gasteiger partial charge in [-0.2, -0.15) is 0 Å². The highest BCUT2D eigenvalue weighted by Crippen LogP contribution is 2.36. The van der Waals surface area contributed by atoms with Gasteiger partial charge >= 0.3 is 6.09 Å². The second kappa shape index (κ2) is 10.2. The molecule has 1 fully saturated rings. The van der Waals surface area contributed by atoms with Crippen molar-refractivity contribution in [3.05, 3.63) is 22.2 Å². The van der Waals surface area contributed by atoms with E-state index >= 15 is 0 Å². The van der Waals surface area contributed by atoms with Crippen LogP contribution in [0.2, 0.25) is 0 Å². The van der Waals surface area contributed by atoms with Crippen molar-refractivity contribution in [2.75, 3.05) is 50.0 Å². The van der Waals surface area contributed by atoms with Crippen LogP contribution in [0.5, 0.6) is 0 Å². The Bertz CT molecular complexity index is 1010. The van der Waals surface area contributed by atoms with E-state index in [2.05, 4.69) is 15.9 Å². The van der Waals surface area contributed by atoms with Crippen LogP contribution in [-0.2, 0) is 30.6 Å². The summed E-state index contributed by atoms with van der Waals surface area (Å²) in [5.41, 5.74) is 1.55. The average molecular weight is 530 g/mol. The second-order valence-corrected chi connectivity index (χ2v) is 10.6. The van der Waals surface area contributed by atoms with E-state index in [4.69, 9.17) is 4.74 Å². The van der Waals surface area contributed by atoms with E-state index in [0.717, 1.165) is 5.56 Å².